The number of nitrogens with one attached hydrogen (secondary N) is 2. The fourth-order valence-corrected chi connectivity index (χ4v) is 5.19. The monoisotopic (exact) mass is 546 g/mol. The summed E-state index contributed by atoms with van der Waals surface area (Å²) in [7, 11) is 0. The van der Waals surface area contributed by atoms with E-state index in [1.165, 1.54) is 22.4 Å². The Labute approximate surface area is 206 Å². The third kappa shape index (κ3) is 4.62. The summed E-state index contributed by atoms with van der Waals surface area (Å²) in [5.41, 5.74) is 6.29. The molecule has 32 heavy (non-hydrogen) atoms. The van der Waals surface area contributed by atoms with Crippen LogP contribution in [0.2, 0.25) is 0 Å². The smallest absolute Gasteiger partial charge is 0.0622 e. The van der Waals surface area contributed by atoms with Crippen molar-refractivity contribution in [3.8, 4) is 0 Å². The third-order valence-corrected chi connectivity index (χ3v) is 7.21. The molecular weight excluding hydrogens is 524 g/mol. The second-order valence-electron chi connectivity index (χ2n) is 8.23. The zero-order valence-electron chi connectivity index (χ0n) is 17.5. The minimum absolute atomic E-state index is 0.150. The van der Waals surface area contributed by atoms with Crippen molar-refractivity contribution >= 4 is 43.2 Å². The summed E-state index contributed by atoms with van der Waals surface area (Å²) in [6.45, 7) is 0. The maximum Gasteiger partial charge on any atom is 0.0622 e. The first kappa shape index (κ1) is 21.3. The molecule has 3 atom stereocenters. The van der Waals surface area contributed by atoms with Crippen LogP contribution < -0.4 is 10.6 Å². The second kappa shape index (κ2) is 9.51. The molecule has 4 heteroatoms. The van der Waals surface area contributed by atoms with Crippen molar-refractivity contribution < 1.29 is 0 Å². The molecule has 4 aromatic carbocycles. The Balaban J connectivity index is 1.59. The average molecular weight is 548 g/mol. The molecule has 1 aliphatic rings. The average Bonchev–Trinajstić information content (AvgIpc) is 2.82. The highest BCUT2D eigenvalue weighted by Crippen LogP contribution is 2.45. The van der Waals surface area contributed by atoms with E-state index in [4.69, 9.17) is 0 Å². The number of halogens is 2. The molecule has 2 N–H and O–H groups in total. The van der Waals surface area contributed by atoms with E-state index in [9.17, 15) is 0 Å². The lowest BCUT2D eigenvalue weighted by atomic mass is 9.76. The molecule has 0 saturated heterocycles. The van der Waals surface area contributed by atoms with Crippen LogP contribution in [0.4, 0.5) is 11.4 Å². The van der Waals surface area contributed by atoms with Crippen LogP contribution in [0, 0.1) is 0 Å². The number of hydrogen-bond donors (Lipinski definition) is 2. The predicted octanol–water partition coefficient (Wildman–Crippen LogP) is 8.19. The highest BCUT2D eigenvalue weighted by molar-refractivity contribution is 9.10. The molecule has 1 aliphatic heterocycles. The van der Waals surface area contributed by atoms with Gasteiger partial charge in [0.15, 0.2) is 0 Å². The Morgan fingerprint density at radius 2 is 1.31 bits per heavy atom. The number of para-hydroxylation sites is 2. The van der Waals surface area contributed by atoms with Gasteiger partial charge in [0, 0.05) is 32.3 Å². The van der Waals surface area contributed by atoms with E-state index in [1.54, 1.807) is 0 Å². The van der Waals surface area contributed by atoms with E-state index in [-0.39, 0.29) is 18.0 Å². The van der Waals surface area contributed by atoms with Gasteiger partial charge in [-0.3, -0.25) is 0 Å². The van der Waals surface area contributed by atoms with Crippen molar-refractivity contribution in [2.75, 3.05) is 10.6 Å². The summed E-state index contributed by atoms with van der Waals surface area (Å²) in [6.07, 6.45) is 0.940. The van der Waals surface area contributed by atoms with Crippen LogP contribution in [0.3, 0.4) is 0 Å². The van der Waals surface area contributed by atoms with Gasteiger partial charge in [0.1, 0.15) is 0 Å². The van der Waals surface area contributed by atoms with Crippen molar-refractivity contribution in [2.45, 2.75) is 24.4 Å². The Bertz CT molecular complexity index is 1170. The van der Waals surface area contributed by atoms with E-state index in [1.807, 2.05) is 0 Å². The molecule has 2 nitrogen and oxygen atoms in total. The molecule has 0 saturated carbocycles. The first-order valence-electron chi connectivity index (χ1n) is 10.8. The molecule has 0 spiro atoms. The SMILES string of the molecule is Brc1ccc(CC2Nc3ccccc3C(Nc3ccccc3)C2c2ccc(Br)cc2)cc1. The number of rotatable bonds is 5. The summed E-state index contributed by atoms with van der Waals surface area (Å²) >= 11 is 7.17. The fraction of sp³-hybridized carbons (Fsp3) is 0.143. The summed E-state index contributed by atoms with van der Waals surface area (Å²) < 4.78 is 2.21. The minimum Gasteiger partial charge on any atom is -0.381 e. The quantitative estimate of drug-likeness (QED) is 0.263. The van der Waals surface area contributed by atoms with Crippen molar-refractivity contribution in [1.82, 2.24) is 0 Å². The van der Waals surface area contributed by atoms with Gasteiger partial charge in [0.25, 0.3) is 0 Å². The van der Waals surface area contributed by atoms with Crippen molar-refractivity contribution in [2.24, 2.45) is 0 Å². The Kier molecular flexibility index (Phi) is 6.33. The molecular formula is C28H24Br2N2. The number of anilines is 2. The minimum atomic E-state index is 0.150. The van der Waals surface area contributed by atoms with E-state index in [0.717, 1.165) is 21.1 Å². The molecule has 0 fully saturated rings. The largest absolute Gasteiger partial charge is 0.381 e. The summed E-state index contributed by atoms with van der Waals surface area (Å²) in [5, 5.41) is 7.74. The highest BCUT2D eigenvalue weighted by atomic mass is 79.9. The van der Waals surface area contributed by atoms with Gasteiger partial charge in [-0.25, -0.2) is 0 Å². The van der Waals surface area contributed by atoms with Crippen LogP contribution in [0.15, 0.2) is 112 Å². The van der Waals surface area contributed by atoms with Crippen LogP contribution in [0.1, 0.15) is 28.7 Å². The summed E-state index contributed by atoms with van der Waals surface area (Å²) in [6, 6.07) is 37.1. The lowest BCUT2D eigenvalue weighted by Crippen LogP contribution is -2.40. The van der Waals surface area contributed by atoms with Gasteiger partial charge >= 0.3 is 0 Å². The number of fused-ring (bicyclic) bond motifs is 1. The Hall–Kier alpha value is -2.56. The molecule has 3 unspecified atom stereocenters. The molecule has 0 bridgehead atoms. The van der Waals surface area contributed by atoms with Crippen molar-refractivity contribution in [3.63, 3.8) is 0 Å². The van der Waals surface area contributed by atoms with Gasteiger partial charge in [-0.05, 0) is 65.6 Å². The predicted molar refractivity (Wildman–Crippen MR) is 141 cm³/mol. The second-order valence-corrected chi connectivity index (χ2v) is 10.1. The van der Waals surface area contributed by atoms with E-state index in [2.05, 4.69) is 146 Å². The van der Waals surface area contributed by atoms with Crippen LogP contribution in [0.25, 0.3) is 0 Å². The van der Waals surface area contributed by atoms with Crippen LogP contribution >= 0.6 is 31.9 Å². The highest BCUT2D eigenvalue weighted by Gasteiger charge is 2.37. The fourth-order valence-electron chi connectivity index (χ4n) is 4.66. The van der Waals surface area contributed by atoms with Gasteiger partial charge in [0.2, 0.25) is 0 Å². The topological polar surface area (TPSA) is 24.1 Å². The van der Waals surface area contributed by atoms with Crippen molar-refractivity contribution in [3.05, 3.63) is 129 Å². The molecule has 1 heterocycles. The lowest BCUT2D eigenvalue weighted by molar-refractivity contribution is 0.479. The molecule has 160 valence electrons. The van der Waals surface area contributed by atoms with Gasteiger partial charge < -0.3 is 10.6 Å². The van der Waals surface area contributed by atoms with Gasteiger partial charge in [-0.2, -0.15) is 0 Å². The number of hydrogen-bond acceptors (Lipinski definition) is 2. The Morgan fingerprint density at radius 1 is 0.688 bits per heavy atom. The van der Waals surface area contributed by atoms with Crippen LogP contribution in [-0.4, -0.2) is 6.04 Å². The Morgan fingerprint density at radius 3 is 2.03 bits per heavy atom. The van der Waals surface area contributed by atoms with E-state index < -0.39 is 0 Å². The van der Waals surface area contributed by atoms with Crippen LogP contribution in [0.5, 0.6) is 0 Å². The first-order valence-corrected chi connectivity index (χ1v) is 12.4. The van der Waals surface area contributed by atoms with Gasteiger partial charge in [-0.15, -0.1) is 0 Å². The molecule has 4 aromatic rings. The standard InChI is InChI=1S/C28H24Br2N2/c29-21-14-10-19(11-15-21)18-26-27(20-12-16-22(30)17-13-20)28(31-23-6-2-1-3-7-23)24-8-4-5-9-25(24)32-26/h1-17,26-28,31-32H,18H2. The molecule has 0 radical (unpaired) electrons. The van der Waals surface area contributed by atoms with Crippen molar-refractivity contribution in [1.29, 1.82) is 0 Å². The lowest BCUT2D eigenvalue weighted by Gasteiger charge is -2.42. The maximum atomic E-state index is 3.88. The third-order valence-electron chi connectivity index (χ3n) is 6.15. The molecule has 0 aliphatic carbocycles. The van der Waals surface area contributed by atoms with Gasteiger partial charge in [0.05, 0.1) is 6.04 Å². The van der Waals surface area contributed by atoms with E-state index >= 15 is 0 Å². The van der Waals surface area contributed by atoms with Crippen LogP contribution in [-0.2, 0) is 6.42 Å². The zero-order valence-corrected chi connectivity index (χ0v) is 20.7. The molecule has 5 rings (SSSR count). The molecule has 0 amide bonds. The zero-order chi connectivity index (χ0) is 21.9. The molecule has 0 aromatic heterocycles. The summed E-state index contributed by atoms with van der Waals surface area (Å²) in [4.78, 5) is 0. The normalized spacial score (nSPS) is 19.6. The van der Waals surface area contributed by atoms with E-state index in [0.29, 0.717) is 0 Å². The first-order chi connectivity index (χ1) is 15.7. The number of benzene rings is 4. The maximum absolute atomic E-state index is 3.88. The summed E-state index contributed by atoms with van der Waals surface area (Å²) in [5.74, 6) is 0.252. The van der Waals surface area contributed by atoms with Gasteiger partial charge in [-0.1, -0.05) is 92.5 Å².